The van der Waals surface area contributed by atoms with Crippen LogP contribution in [0, 0.1) is 0 Å². The van der Waals surface area contributed by atoms with Crippen LogP contribution in [-0.4, -0.2) is 22.0 Å². The Labute approximate surface area is 184 Å². The first-order valence-corrected chi connectivity index (χ1v) is 10.5. The number of thioether (sulfide) groups is 1. The van der Waals surface area contributed by atoms with Crippen molar-refractivity contribution in [1.29, 1.82) is 0 Å². The SMILES string of the molecule is O=C(Oc1cccc(/C=C2\SC(=O)N(Cc3ccc(Br)cc3)C2=O)c1)c1ccco1. The molecule has 0 unspecified atom stereocenters. The van der Waals surface area contributed by atoms with Crippen LogP contribution in [0.15, 0.2) is 80.7 Å². The summed E-state index contributed by atoms with van der Waals surface area (Å²) in [5, 5.41) is -0.324. The molecule has 0 aliphatic carbocycles. The van der Waals surface area contributed by atoms with Gasteiger partial charge in [0.15, 0.2) is 0 Å². The molecule has 2 amide bonds. The minimum atomic E-state index is -0.619. The number of imide groups is 1. The molecule has 8 heteroatoms. The van der Waals surface area contributed by atoms with Crippen molar-refractivity contribution >= 4 is 50.9 Å². The fourth-order valence-corrected chi connectivity index (χ4v) is 3.88. The van der Waals surface area contributed by atoms with E-state index in [9.17, 15) is 14.4 Å². The van der Waals surface area contributed by atoms with E-state index in [2.05, 4.69) is 15.9 Å². The second-order valence-corrected chi connectivity index (χ2v) is 8.24. The summed E-state index contributed by atoms with van der Waals surface area (Å²) in [6.45, 7) is 0.204. The first-order valence-electron chi connectivity index (χ1n) is 8.85. The number of furan rings is 1. The normalized spacial score (nSPS) is 15.1. The Morgan fingerprint density at radius 1 is 1.10 bits per heavy atom. The van der Waals surface area contributed by atoms with E-state index in [1.54, 1.807) is 36.4 Å². The van der Waals surface area contributed by atoms with Crippen LogP contribution in [0.25, 0.3) is 6.08 Å². The lowest BCUT2D eigenvalue weighted by molar-refractivity contribution is -0.123. The second kappa shape index (κ2) is 8.73. The molecular weight excluding hydrogens is 470 g/mol. The van der Waals surface area contributed by atoms with Crippen molar-refractivity contribution in [2.75, 3.05) is 0 Å². The third-order valence-electron chi connectivity index (χ3n) is 4.22. The van der Waals surface area contributed by atoms with E-state index in [-0.39, 0.29) is 23.5 Å². The predicted octanol–water partition coefficient (Wildman–Crippen LogP) is 5.50. The number of rotatable bonds is 5. The number of hydrogen-bond donors (Lipinski definition) is 0. The lowest BCUT2D eigenvalue weighted by Crippen LogP contribution is -2.27. The van der Waals surface area contributed by atoms with E-state index < -0.39 is 5.97 Å². The largest absolute Gasteiger partial charge is 0.457 e. The number of nitrogens with zero attached hydrogens (tertiary/aromatic N) is 1. The zero-order valence-electron chi connectivity index (χ0n) is 15.4. The summed E-state index contributed by atoms with van der Waals surface area (Å²) in [6.07, 6.45) is 2.99. The quantitative estimate of drug-likeness (QED) is 0.271. The van der Waals surface area contributed by atoms with E-state index in [1.165, 1.54) is 17.2 Å². The lowest BCUT2D eigenvalue weighted by atomic mass is 10.2. The summed E-state index contributed by atoms with van der Waals surface area (Å²) in [5.41, 5.74) is 1.49. The number of carbonyl (C=O) groups is 3. The molecule has 1 aliphatic rings. The van der Waals surface area contributed by atoms with Gasteiger partial charge >= 0.3 is 5.97 Å². The minimum Gasteiger partial charge on any atom is -0.457 e. The fourth-order valence-electron chi connectivity index (χ4n) is 2.78. The van der Waals surface area contributed by atoms with E-state index in [0.717, 1.165) is 21.8 Å². The van der Waals surface area contributed by atoms with Gasteiger partial charge in [0.25, 0.3) is 11.1 Å². The van der Waals surface area contributed by atoms with Crippen molar-refractivity contribution < 1.29 is 23.5 Å². The number of ether oxygens (including phenoxy) is 1. The highest BCUT2D eigenvalue weighted by molar-refractivity contribution is 9.10. The zero-order valence-corrected chi connectivity index (χ0v) is 17.8. The minimum absolute atomic E-state index is 0.0921. The van der Waals surface area contributed by atoms with Crippen LogP contribution in [0.5, 0.6) is 5.75 Å². The summed E-state index contributed by atoms with van der Waals surface area (Å²) < 4.78 is 11.2. The van der Waals surface area contributed by atoms with Gasteiger partial charge < -0.3 is 9.15 Å². The second-order valence-electron chi connectivity index (χ2n) is 6.33. The Bertz CT molecular complexity index is 1140. The number of hydrogen-bond acceptors (Lipinski definition) is 6. The third-order valence-corrected chi connectivity index (χ3v) is 5.65. The van der Waals surface area contributed by atoms with Gasteiger partial charge in [0, 0.05) is 4.47 Å². The van der Waals surface area contributed by atoms with Gasteiger partial charge in [-0.3, -0.25) is 14.5 Å². The Balaban J connectivity index is 1.49. The summed E-state index contributed by atoms with van der Waals surface area (Å²) in [4.78, 5) is 38.6. The molecule has 30 heavy (non-hydrogen) atoms. The molecule has 1 aliphatic heterocycles. The molecule has 0 atom stereocenters. The van der Waals surface area contributed by atoms with Gasteiger partial charge in [-0.25, -0.2) is 4.79 Å². The van der Waals surface area contributed by atoms with E-state index >= 15 is 0 Å². The third kappa shape index (κ3) is 4.55. The number of esters is 1. The topological polar surface area (TPSA) is 76.8 Å². The van der Waals surface area contributed by atoms with Gasteiger partial charge in [-0.1, -0.05) is 40.2 Å². The molecule has 150 valence electrons. The van der Waals surface area contributed by atoms with Gasteiger partial charge in [-0.15, -0.1) is 0 Å². The van der Waals surface area contributed by atoms with Crippen molar-refractivity contribution in [2.24, 2.45) is 0 Å². The average Bonchev–Trinajstić information content (AvgIpc) is 3.35. The van der Waals surface area contributed by atoms with Crippen LogP contribution >= 0.6 is 27.7 Å². The number of amides is 2. The van der Waals surface area contributed by atoms with Crippen LogP contribution in [0.4, 0.5) is 4.79 Å². The predicted molar refractivity (Wildman–Crippen MR) is 116 cm³/mol. The first kappa shape index (κ1) is 20.2. The molecule has 2 heterocycles. The van der Waals surface area contributed by atoms with Crippen molar-refractivity contribution in [3.8, 4) is 5.75 Å². The van der Waals surface area contributed by atoms with Gasteiger partial charge in [-0.2, -0.15) is 0 Å². The highest BCUT2D eigenvalue weighted by Crippen LogP contribution is 2.33. The molecule has 0 radical (unpaired) electrons. The first-order chi connectivity index (χ1) is 14.5. The summed E-state index contributed by atoms with van der Waals surface area (Å²) in [5.74, 6) is -0.577. The molecule has 2 aromatic carbocycles. The van der Waals surface area contributed by atoms with Crippen molar-refractivity contribution in [2.45, 2.75) is 6.54 Å². The standard InChI is InChI=1S/C22H14BrNO5S/c23-16-8-6-14(7-9-16)13-24-20(25)19(30-22(24)27)12-15-3-1-4-17(11-15)29-21(26)18-5-2-10-28-18/h1-12H,13H2/b19-12-. The smallest absolute Gasteiger partial charge is 0.379 e. The maximum atomic E-state index is 12.7. The highest BCUT2D eigenvalue weighted by atomic mass is 79.9. The Kier molecular flexibility index (Phi) is 5.87. The van der Waals surface area contributed by atoms with Gasteiger partial charge in [0.1, 0.15) is 5.75 Å². The lowest BCUT2D eigenvalue weighted by Gasteiger charge is -2.12. The number of benzene rings is 2. The maximum Gasteiger partial charge on any atom is 0.379 e. The zero-order chi connectivity index (χ0) is 21.1. The van der Waals surface area contributed by atoms with Gasteiger partial charge in [0.05, 0.1) is 17.7 Å². The molecular formula is C22H14BrNO5S. The highest BCUT2D eigenvalue weighted by Gasteiger charge is 2.35. The van der Waals surface area contributed by atoms with Crippen LogP contribution in [-0.2, 0) is 11.3 Å². The Morgan fingerprint density at radius 2 is 1.90 bits per heavy atom. The molecule has 0 bridgehead atoms. The number of carbonyl (C=O) groups excluding carboxylic acids is 3. The molecule has 0 saturated carbocycles. The van der Waals surface area contributed by atoms with E-state index in [1.807, 2.05) is 24.3 Å². The summed E-state index contributed by atoms with van der Waals surface area (Å²) in [7, 11) is 0. The molecule has 4 rings (SSSR count). The molecule has 0 spiro atoms. The molecule has 6 nitrogen and oxygen atoms in total. The fraction of sp³-hybridized carbons (Fsp3) is 0.0455. The summed E-state index contributed by atoms with van der Waals surface area (Å²) in [6, 6.07) is 17.2. The Hall–Kier alpha value is -3.10. The van der Waals surface area contributed by atoms with Crippen LogP contribution in [0.1, 0.15) is 21.7 Å². The Morgan fingerprint density at radius 3 is 2.63 bits per heavy atom. The van der Waals surface area contributed by atoms with Crippen LogP contribution in [0.2, 0.25) is 0 Å². The van der Waals surface area contributed by atoms with E-state index in [4.69, 9.17) is 9.15 Å². The molecule has 1 aromatic heterocycles. The van der Waals surface area contributed by atoms with Crippen LogP contribution < -0.4 is 4.74 Å². The molecule has 1 saturated heterocycles. The molecule has 0 N–H and O–H groups in total. The van der Waals surface area contributed by atoms with Crippen molar-refractivity contribution in [1.82, 2.24) is 4.90 Å². The molecule has 3 aromatic rings. The maximum absolute atomic E-state index is 12.7. The van der Waals surface area contributed by atoms with Crippen molar-refractivity contribution in [3.05, 3.63) is 93.2 Å². The average molecular weight is 484 g/mol. The molecule has 1 fully saturated rings. The van der Waals surface area contributed by atoms with Crippen molar-refractivity contribution in [3.63, 3.8) is 0 Å². The van der Waals surface area contributed by atoms with Gasteiger partial charge in [-0.05, 0) is 65.4 Å². The number of halogens is 1. The van der Waals surface area contributed by atoms with Crippen LogP contribution in [0.3, 0.4) is 0 Å². The van der Waals surface area contributed by atoms with Gasteiger partial charge in [0.2, 0.25) is 5.76 Å². The monoisotopic (exact) mass is 483 g/mol. The van der Waals surface area contributed by atoms with E-state index in [0.29, 0.717) is 16.2 Å². The summed E-state index contributed by atoms with van der Waals surface area (Å²) >= 11 is 4.25.